The molecule has 0 saturated carbocycles. The van der Waals surface area contributed by atoms with Crippen LogP contribution in [-0.4, -0.2) is 39.4 Å². The van der Waals surface area contributed by atoms with E-state index in [9.17, 15) is 4.79 Å². The van der Waals surface area contributed by atoms with Crippen LogP contribution in [0.25, 0.3) is 0 Å². The van der Waals surface area contributed by atoms with Crippen LogP contribution in [0.15, 0.2) is 18.2 Å². The Kier molecular flexibility index (Phi) is 6.44. The average molecular weight is 262 g/mol. The number of hydrogen-bond acceptors (Lipinski definition) is 4. The first-order chi connectivity index (χ1) is 9.17. The van der Waals surface area contributed by atoms with Gasteiger partial charge in [-0.2, -0.15) is 0 Å². The van der Waals surface area contributed by atoms with Crippen molar-refractivity contribution in [3.8, 4) is 12.3 Å². The van der Waals surface area contributed by atoms with Gasteiger partial charge in [-0.3, -0.25) is 4.79 Å². The van der Waals surface area contributed by atoms with Crippen LogP contribution in [-0.2, 0) is 9.47 Å². The minimum atomic E-state index is -0.223. The summed E-state index contributed by atoms with van der Waals surface area (Å²) in [6, 6.07) is 4.85. The second-order valence-corrected chi connectivity index (χ2v) is 3.85. The number of ether oxygens (including phenoxy) is 2. The van der Waals surface area contributed by atoms with E-state index in [0.717, 1.165) is 0 Å². The van der Waals surface area contributed by atoms with Crippen LogP contribution in [0.4, 0.5) is 5.69 Å². The first kappa shape index (κ1) is 15.0. The molecule has 0 bridgehead atoms. The number of benzene rings is 1. The van der Waals surface area contributed by atoms with Crippen molar-refractivity contribution < 1.29 is 14.3 Å². The molecule has 0 aromatic heterocycles. The standard InChI is InChI=1S/C14H18N2O3/c1-3-11-8-12(10-13(15)9-11)14(17)16-4-5-19-7-6-18-2/h1,8-10H,4-7,15H2,2H3,(H,16,17). The van der Waals surface area contributed by atoms with E-state index >= 15 is 0 Å². The number of hydrogen-bond donors (Lipinski definition) is 2. The third-order valence-corrected chi connectivity index (χ3v) is 2.35. The van der Waals surface area contributed by atoms with E-state index in [0.29, 0.717) is 43.2 Å². The zero-order valence-electron chi connectivity index (χ0n) is 10.9. The molecule has 0 saturated heterocycles. The SMILES string of the molecule is C#Cc1cc(N)cc(C(=O)NCCOCCOC)c1. The van der Waals surface area contributed by atoms with E-state index in [4.69, 9.17) is 21.6 Å². The molecule has 0 aliphatic heterocycles. The minimum absolute atomic E-state index is 0.223. The fourth-order valence-electron chi connectivity index (χ4n) is 1.45. The number of rotatable bonds is 7. The minimum Gasteiger partial charge on any atom is -0.399 e. The summed E-state index contributed by atoms with van der Waals surface area (Å²) < 4.78 is 10.1. The molecule has 0 heterocycles. The lowest BCUT2D eigenvalue weighted by molar-refractivity contribution is 0.0692. The molecule has 5 nitrogen and oxygen atoms in total. The smallest absolute Gasteiger partial charge is 0.251 e. The molecule has 5 heteroatoms. The van der Waals surface area contributed by atoms with E-state index in [-0.39, 0.29) is 5.91 Å². The summed E-state index contributed by atoms with van der Waals surface area (Å²) in [4.78, 5) is 11.8. The Hall–Kier alpha value is -2.03. The van der Waals surface area contributed by atoms with Crippen molar-refractivity contribution in [2.75, 3.05) is 39.2 Å². The second kappa shape index (κ2) is 8.14. The predicted octanol–water partition coefficient (Wildman–Crippen LogP) is 0.643. The van der Waals surface area contributed by atoms with Crippen molar-refractivity contribution in [1.29, 1.82) is 0 Å². The van der Waals surface area contributed by atoms with E-state index in [2.05, 4.69) is 11.2 Å². The number of carbonyl (C=O) groups excluding carboxylic acids is 1. The predicted molar refractivity (Wildman–Crippen MR) is 73.8 cm³/mol. The topological polar surface area (TPSA) is 73.6 Å². The molecular weight excluding hydrogens is 244 g/mol. The lowest BCUT2D eigenvalue weighted by Crippen LogP contribution is -2.27. The van der Waals surface area contributed by atoms with Crippen molar-refractivity contribution in [3.05, 3.63) is 29.3 Å². The van der Waals surface area contributed by atoms with Gasteiger partial charge in [0.05, 0.1) is 19.8 Å². The van der Waals surface area contributed by atoms with Gasteiger partial charge in [-0.1, -0.05) is 5.92 Å². The number of nitrogen functional groups attached to an aromatic ring is 1. The van der Waals surface area contributed by atoms with Gasteiger partial charge in [0.1, 0.15) is 0 Å². The number of methoxy groups -OCH3 is 1. The molecule has 0 atom stereocenters. The second-order valence-electron chi connectivity index (χ2n) is 3.85. The maximum Gasteiger partial charge on any atom is 0.251 e. The van der Waals surface area contributed by atoms with Crippen LogP contribution in [0.3, 0.4) is 0 Å². The van der Waals surface area contributed by atoms with E-state index in [1.54, 1.807) is 25.3 Å². The maximum absolute atomic E-state index is 11.8. The highest BCUT2D eigenvalue weighted by Crippen LogP contribution is 2.11. The Morgan fingerprint density at radius 1 is 1.37 bits per heavy atom. The maximum atomic E-state index is 11.8. The molecule has 0 aliphatic rings. The lowest BCUT2D eigenvalue weighted by Gasteiger charge is -2.07. The molecule has 102 valence electrons. The van der Waals surface area contributed by atoms with Crippen LogP contribution < -0.4 is 11.1 Å². The van der Waals surface area contributed by atoms with Crippen LogP contribution >= 0.6 is 0 Å². The molecule has 0 unspecified atom stereocenters. The van der Waals surface area contributed by atoms with E-state index < -0.39 is 0 Å². The van der Waals surface area contributed by atoms with Crippen LogP contribution in [0, 0.1) is 12.3 Å². The highest BCUT2D eigenvalue weighted by atomic mass is 16.5. The summed E-state index contributed by atoms with van der Waals surface area (Å²) in [7, 11) is 1.61. The number of amides is 1. The van der Waals surface area contributed by atoms with Gasteiger partial charge in [0.2, 0.25) is 0 Å². The molecule has 19 heavy (non-hydrogen) atoms. The number of anilines is 1. The third-order valence-electron chi connectivity index (χ3n) is 2.35. The molecule has 0 radical (unpaired) electrons. The monoisotopic (exact) mass is 262 g/mol. The van der Waals surface area contributed by atoms with Gasteiger partial charge in [-0.05, 0) is 18.2 Å². The van der Waals surface area contributed by atoms with Crippen LogP contribution in [0.2, 0.25) is 0 Å². The number of nitrogens with two attached hydrogens (primary N) is 1. The number of carbonyl (C=O) groups is 1. The van der Waals surface area contributed by atoms with Gasteiger partial charge in [0.25, 0.3) is 5.91 Å². The van der Waals surface area contributed by atoms with Crippen LogP contribution in [0.5, 0.6) is 0 Å². The first-order valence-electron chi connectivity index (χ1n) is 5.89. The Balaban J connectivity index is 2.41. The summed E-state index contributed by atoms with van der Waals surface area (Å²) in [5.74, 6) is 2.23. The Labute approximate surface area is 113 Å². The normalized spacial score (nSPS) is 9.89. The molecule has 1 amide bonds. The van der Waals surface area contributed by atoms with Gasteiger partial charge >= 0.3 is 0 Å². The van der Waals surface area contributed by atoms with Gasteiger partial charge in [-0.15, -0.1) is 6.42 Å². The molecule has 1 rings (SSSR count). The summed E-state index contributed by atoms with van der Waals surface area (Å²) in [5, 5.41) is 2.73. The van der Waals surface area contributed by atoms with Gasteiger partial charge in [0.15, 0.2) is 0 Å². The Bertz CT molecular complexity index is 466. The largest absolute Gasteiger partial charge is 0.399 e. The van der Waals surface area contributed by atoms with Crippen molar-refractivity contribution in [2.45, 2.75) is 0 Å². The molecule has 1 aromatic rings. The Morgan fingerprint density at radius 2 is 2.16 bits per heavy atom. The zero-order valence-corrected chi connectivity index (χ0v) is 10.9. The van der Waals surface area contributed by atoms with Crippen molar-refractivity contribution in [1.82, 2.24) is 5.32 Å². The Morgan fingerprint density at radius 3 is 2.84 bits per heavy atom. The molecule has 1 aromatic carbocycles. The fourth-order valence-corrected chi connectivity index (χ4v) is 1.45. The average Bonchev–Trinajstić information content (AvgIpc) is 2.41. The third kappa shape index (κ3) is 5.42. The number of terminal acetylenes is 1. The zero-order chi connectivity index (χ0) is 14.1. The molecule has 0 aliphatic carbocycles. The summed E-state index contributed by atoms with van der Waals surface area (Å²) in [6.45, 7) is 1.89. The van der Waals surface area contributed by atoms with Crippen LogP contribution in [0.1, 0.15) is 15.9 Å². The van der Waals surface area contributed by atoms with Gasteiger partial charge < -0.3 is 20.5 Å². The quantitative estimate of drug-likeness (QED) is 0.430. The van der Waals surface area contributed by atoms with Gasteiger partial charge in [-0.25, -0.2) is 0 Å². The van der Waals surface area contributed by atoms with Gasteiger partial charge in [0, 0.05) is 30.5 Å². The molecular formula is C14H18N2O3. The molecule has 3 N–H and O–H groups in total. The highest BCUT2D eigenvalue weighted by Gasteiger charge is 2.06. The fraction of sp³-hybridized carbons (Fsp3) is 0.357. The van der Waals surface area contributed by atoms with E-state index in [1.165, 1.54) is 0 Å². The van der Waals surface area contributed by atoms with Crippen molar-refractivity contribution >= 4 is 11.6 Å². The summed E-state index contributed by atoms with van der Waals surface area (Å²) >= 11 is 0. The van der Waals surface area contributed by atoms with E-state index in [1.807, 2.05) is 0 Å². The van der Waals surface area contributed by atoms with Crippen molar-refractivity contribution in [3.63, 3.8) is 0 Å². The van der Waals surface area contributed by atoms with Crippen molar-refractivity contribution in [2.24, 2.45) is 0 Å². The highest BCUT2D eigenvalue weighted by molar-refractivity contribution is 5.95. The molecule has 0 spiro atoms. The number of nitrogens with one attached hydrogen (secondary N) is 1. The summed E-state index contributed by atoms with van der Waals surface area (Å²) in [6.07, 6.45) is 5.29. The summed E-state index contributed by atoms with van der Waals surface area (Å²) in [5.41, 5.74) is 7.17. The molecule has 0 fully saturated rings. The lowest BCUT2D eigenvalue weighted by atomic mass is 10.1. The first-order valence-corrected chi connectivity index (χ1v) is 5.89.